The number of esters is 1. The van der Waals surface area contributed by atoms with E-state index in [1.807, 2.05) is 0 Å². The van der Waals surface area contributed by atoms with Crippen LogP contribution in [-0.4, -0.2) is 86.5 Å². The number of carbonyl (C=O) groups is 3. The fourth-order valence-corrected chi connectivity index (χ4v) is 4.25. The first-order chi connectivity index (χ1) is 14.7. The molecule has 0 radical (unpaired) electrons. The van der Waals surface area contributed by atoms with Gasteiger partial charge in [0.15, 0.2) is 0 Å². The Morgan fingerprint density at radius 3 is 2.52 bits per heavy atom. The first-order valence-electron chi connectivity index (χ1n) is 9.58. The number of methoxy groups -OCH3 is 3. The first-order valence-corrected chi connectivity index (χ1v) is 10.3. The summed E-state index contributed by atoms with van der Waals surface area (Å²) in [5, 5.41) is 10.4. The van der Waals surface area contributed by atoms with E-state index in [1.165, 1.54) is 31.1 Å². The second kappa shape index (κ2) is 11.4. The first kappa shape index (κ1) is 25.0. The summed E-state index contributed by atoms with van der Waals surface area (Å²) in [5.41, 5.74) is 0.660. The van der Waals surface area contributed by atoms with E-state index in [-0.39, 0.29) is 38.1 Å². The summed E-state index contributed by atoms with van der Waals surface area (Å²) in [6.07, 6.45) is -0.282. The van der Waals surface area contributed by atoms with Crippen molar-refractivity contribution in [2.24, 2.45) is 0 Å². The summed E-state index contributed by atoms with van der Waals surface area (Å²) in [6, 6.07) is 2.93. The number of carboxylic acid groups (broad SMARTS) is 1. The van der Waals surface area contributed by atoms with Gasteiger partial charge in [-0.2, -0.15) is 0 Å². The minimum Gasteiger partial charge on any atom is -0.496 e. The topological polar surface area (TPSA) is 106 Å². The Labute approximate surface area is 190 Å². The number of carbonyl (C=O) groups excluding carboxylic acids is 2. The Morgan fingerprint density at radius 1 is 1.23 bits per heavy atom. The minimum absolute atomic E-state index is 0.166. The minimum atomic E-state index is -1.08. The van der Waals surface area contributed by atoms with Crippen LogP contribution in [0.4, 0.5) is 4.79 Å². The molecule has 1 fully saturated rings. The second-order valence-corrected chi connectivity index (χ2v) is 7.90. The lowest BCUT2D eigenvalue weighted by molar-refractivity contribution is -0.148. The standard InChI is InChI=1S/C20H26Cl2N2O7/c1-29-11-16(25)23(10-17(26)31-3)7-6-13-8-12(9-24(13)20(27)28)18-15(30-2)5-4-14(21)19(18)22/h4-5,12-13H,6-11H2,1-3H3,(H,27,28)/t12-,13+/m0/s1. The zero-order valence-electron chi connectivity index (χ0n) is 17.6. The Hall–Kier alpha value is -2.23. The lowest BCUT2D eigenvalue weighted by atomic mass is 9.94. The van der Waals surface area contributed by atoms with Gasteiger partial charge in [0, 0.05) is 37.7 Å². The van der Waals surface area contributed by atoms with Gasteiger partial charge in [-0.15, -0.1) is 0 Å². The maximum atomic E-state index is 12.3. The van der Waals surface area contributed by atoms with Crippen molar-refractivity contribution in [2.75, 3.05) is 47.6 Å². The lowest BCUT2D eigenvalue weighted by Crippen LogP contribution is -2.42. The molecule has 0 aliphatic carbocycles. The van der Waals surface area contributed by atoms with Gasteiger partial charge in [0.2, 0.25) is 5.91 Å². The summed E-state index contributed by atoms with van der Waals surface area (Å²) in [6.45, 7) is -0.0591. The van der Waals surface area contributed by atoms with Crippen molar-refractivity contribution in [2.45, 2.75) is 24.8 Å². The number of amides is 2. The van der Waals surface area contributed by atoms with Crippen LogP contribution < -0.4 is 4.74 Å². The third-order valence-corrected chi connectivity index (χ3v) is 6.10. The highest BCUT2D eigenvalue weighted by molar-refractivity contribution is 6.42. The molecule has 0 saturated carbocycles. The summed E-state index contributed by atoms with van der Waals surface area (Å²) < 4.78 is 14.9. The molecule has 172 valence electrons. The highest BCUT2D eigenvalue weighted by Gasteiger charge is 2.38. The van der Waals surface area contributed by atoms with E-state index in [9.17, 15) is 19.5 Å². The molecule has 1 aromatic carbocycles. The van der Waals surface area contributed by atoms with Gasteiger partial charge in [-0.3, -0.25) is 9.59 Å². The molecule has 1 heterocycles. The van der Waals surface area contributed by atoms with Crippen LogP contribution in [0.25, 0.3) is 0 Å². The van der Waals surface area contributed by atoms with Gasteiger partial charge in [-0.1, -0.05) is 23.2 Å². The molecule has 1 saturated heterocycles. The van der Waals surface area contributed by atoms with Crippen molar-refractivity contribution in [3.8, 4) is 5.75 Å². The SMILES string of the molecule is COCC(=O)N(CC[C@@H]1C[C@H](c2c(OC)ccc(Cl)c2Cl)CN1C(=O)O)CC(=O)OC. The normalized spacial score (nSPS) is 18.0. The van der Waals surface area contributed by atoms with E-state index < -0.39 is 18.1 Å². The molecule has 31 heavy (non-hydrogen) atoms. The number of rotatable bonds is 9. The quantitative estimate of drug-likeness (QED) is 0.546. The number of hydrogen-bond donors (Lipinski definition) is 1. The van der Waals surface area contributed by atoms with Crippen LogP contribution in [0.2, 0.25) is 10.0 Å². The predicted molar refractivity (Wildman–Crippen MR) is 114 cm³/mol. The number of ether oxygens (including phenoxy) is 3. The van der Waals surface area contributed by atoms with Gasteiger partial charge >= 0.3 is 12.1 Å². The zero-order valence-corrected chi connectivity index (χ0v) is 19.1. The maximum Gasteiger partial charge on any atom is 0.407 e. The Balaban J connectivity index is 2.20. The van der Waals surface area contributed by atoms with Crippen LogP contribution in [-0.2, 0) is 19.1 Å². The number of halogens is 2. The molecule has 0 aromatic heterocycles. The average molecular weight is 477 g/mol. The van der Waals surface area contributed by atoms with E-state index >= 15 is 0 Å². The van der Waals surface area contributed by atoms with Gasteiger partial charge in [0.25, 0.3) is 0 Å². The van der Waals surface area contributed by atoms with E-state index in [1.54, 1.807) is 12.1 Å². The monoisotopic (exact) mass is 476 g/mol. The molecule has 2 amide bonds. The van der Waals surface area contributed by atoms with Crippen LogP contribution >= 0.6 is 23.2 Å². The van der Waals surface area contributed by atoms with Crippen molar-refractivity contribution in [3.05, 3.63) is 27.7 Å². The predicted octanol–water partition coefficient (Wildman–Crippen LogP) is 2.88. The van der Waals surface area contributed by atoms with Gasteiger partial charge in [0.1, 0.15) is 18.9 Å². The number of likely N-dealkylation sites (tertiary alicyclic amines) is 1. The molecule has 1 aromatic rings. The molecule has 0 unspecified atom stereocenters. The third kappa shape index (κ3) is 6.15. The average Bonchev–Trinajstić information content (AvgIpc) is 3.16. The molecular formula is C20H26Cl2N2O7. The number of benzene rings is 1. The largest absolute Gasteiger partial charge is 0.496 e. The smallest absolute Gasteiger partial charge is 0.407 e. The van der Waals surface area contributed by atoms with E-state index in [4.69, 9.17) is 32.7 Å². The summed E-state index contributed by atoms with van der Waals surface area (Å²) >= 11 is 12.6. The van der Waals surface area contributed by atoms with Crippen molar-refractivity contribution in [1.29, 1.82) is 0 Å². The highest BCUT2D eigenvalue weighted by Crippen LogP contribution is 2.43. The molecule has 2 atom stereocenters. The highest BCUT2D eigenvalue weighted by atomic mass is 35.5. The molecule has 1 N–H and O–H groups in total. The van der Waals surface area contributed by atoms with Gasteiger partial charge in [-0.05, 0) is 25.0 Å². The Kier molecular flexibility index (Phi) is 9.21. The molecular weight excluding hydrogens is 451 g/mol. The Bertz CT molecular complexity index is 821. The van der Waals surface area contributed by atoms with Crippen molar-refractivity contribution < 1.29 is 33.7 Å². The molecule has 0 bridgehead atoms. The fraction of sp³-hybridized carbons (Fsp3) is 0.550. The molecule has 9 nitrogen and oxygen atoms in total. The van der Waals surface area contributed by atoms with E-state index in [0.29, 0.717) is 34.2 Å². The van der Waals surface area contributed by atoms with Crippen LogP contribution in [0, 0.1) is 0 Å². The molecule has 11 heteroatoms. The maximum absolute atomic E-state index is 12.3. The van der Waals surface area contributed by atoms with E-state index in [2.05, 4.69) is 4.74 Å². The van der Waals surface area contributed by atoms with Crippen LogP contribution in [0.3, 0.4) is 0 Å². The fourth-order valence-electron chi connectivity index (χ4n) is 3.77. The Morgan fingerprint density at radius 2 is 1.94 bits per heavy atom. The number of hydrogen-bond acceptors (Lipinski definition) is 6. The summed E-state index contributed by atoms with van der Waals surface area (Å²) in [7, 11) is 4.12. The van der Waals surface area contributed by atoms with Gasteiger partial charge < -0.3 is 29.1 Å². The zero-order chi connectivity index (χ0) is 23.1. The number of nitrogens with zero attached hydrogens (tertiary/aromatic N) is 2. The van der Waals surface area contributed by atoms with Crippen molar-refractivity contribution in [3.63, 3.8) is 0 Å². The summed E-state index contributed by atoms with van der Waals surface area (Å²) in [5.74, 6) is -0.651. The van der Waals surface area contributed by atoms with Gasteiger partial charge in [0.05, 0.1) is 24.3 Å². The lowest BCUT2D eigenvalue weighted by Gasteiger charge is -2.26. The molecule has 0 spiro atoms. The van der Waals surface area contributed by atoms with Crippen LogP contribution in [0.5, 0.6) is 5.75 Å². The molecule has 2 rings (SSSR count). The van der Waals surface area contributed by atoms with Crippen molar-refractivity contribution in [1.82, 2.24) is 9.80 Å². The third-order valence-electron chi connectivity index (χ3n) is 5.28. The second-order valence-electron chi connectivity index (χ2n) is 7.11. The van der Waals surface area contributed by atoms with Crippen LogP contribution in [0.15, 0.2) is 12.1 Å². The van der Waals surface area contributed by atoms with Crippen molar-refractivity contribution >= 4 is 41.2 Å². The van der Waals surface area contributed by atoms with Gasteiger partial charge in [-0.25, -0.2) is 4.79 Å². The van der Waals surface area contributed by atoms with E-state index in [0.717, 1.165) is 0 Å². The molecule has 1 aliphatic rings. The molecule has 1 aliphatic heterocycles. The van der Waals surface area contributed by atoms with Crippen LogP contribution in [0.1, 0.15) is 24.3 Å². The summed E-state index contributed by atoms with van der Waals surface area (Å²) in [4.78, 5) is 38.4.